The molecule has 0 aliphatic carbocycles. The van der Waals surface area contributed by atoms with Gasteiger partial charge in [-0.3, -0.25) is 9.59 Å². The van der Waals surface area contributed by atoms with Gasteiger partial charge in [0.15, 0.2) is 12.0 Å². The molecular weight excluding hydrogens is 290 g/mol. The lowest BCUT2D eigenvalue weighted by molar-refractivity contribution is 0.0549. The van der Waals surface area contributed by atoms with Crippen molar-refractivity contribution >= 4 is 17.3 Å². The Kier molecular flexibility index (Phi) is 5.66. The van der Waals surface area contributed by atoms with E-state index in [1.807, 2.05) is 26.0 Å². The average molecular weight is 311 g/mol. The Labute approximate surface area is 136 Å². The number of ketones is 2. The highest BCUT2D eigenvalue weighted by Crippen LogP contribution is 2.15. The maximum atomic E-state index is 12.6. The van der Waals surface area contributed by atoms with Gasteiger partial charge in [0.25, 0.3) is 0 Å². The summed E-state index contributed by atoms with van der Waals surface area (Å²) < 4.78 is 5.54. The second-order valence-corrected chi connectivity index (χ2v) is 5.34. The molecule has 2 rings (SSSR count). The van der Waals surface area contributed by atoms with Crippen LogP contribution in [0.1, 0.15) is 40.1 Å². The van der Waals surface area contributed by atoms with Gasteiger partial charge in [-0.05, 0) is 45.0 Å². The summed E-state index contributed by atoms with van der Waals surface area (Å²) in [6.45, 7) is 5.76. The number of carbonyl (C=O) groups excluding carboxylic acids is 2. The van der Waals surface area contributed by atoms with Crippen LogP contribution in [0.15, 0.2) is 48.5 Å². The zero-order valence-corrected chi connectivity index (χ0v) is 13.6. The zero-order chi connectivity index (χ0) is 16.8. The van der Waals surface area contributed by atoms with Crippen molar-refractivity contribution in [1.29, 1.82) is 0 Å². The van der Waals surface area contributed by atoms with Crippen LogP contribution in [0.3, 0.4) is 0 Å². The lowest BCUT2D eigenvalue weighted by atomic mass is 10.1. The van der Waals surface area contributed by atoms with E-state index in [9.17, 15) is 9.59 Å². The summed E-state index contributed by atoms with van der Waals surface area (Å²) in [4.78, 5) is 23.9. The summed E-state index contributed by atoms with van der Waals surface area (Å²) in [6, 6.07) is 14.4. The van der Waals surface area contributed by atoms with Gasteiger partial charge in [0, 0.05) is 23.4 Å². The van der Waals surface area contributed by atoms with E-state index < -0.39 is 6.23 Å². The van der Waals surface area contributed by atoms with Crippen molar-refractivity contribution in [3.05, 3.63) is 65.2 Å². The molecule has 0 amide bonds. The topological polar surface area (TPSA) is 55.4 Å². The number of rotatable bonds is 7. The van der Waals surface area contributed by atoms with Crippen LogP contribution in [0.25, 0.3) is 0 Å². The third kappa shape index (κ3) is 4.50. The van der Waals surface area contributed by atoms with Crippen molar-refractivity contribution in [3.63, 3.8) is 0 Å². The molecule has 4 nitrogen and oxygen atoms in total. The third-order valence-electron chi connectivity index (χ3n) is 3.50. The Balaban J connectivity index is 2.15. The molecule has 0 aliphatic heterocycles. The molecule has 0 aliphatic rings. The molecule has 1 unspecified atom stereocenters. The minimum absolute atomic E-state index is 0.00800. The molecule has 0 spiro atoms. The number of hydrogen-bond donors (Lipinski definition) is 1. The lowest BCUT2D eigenvalue weighted by Gasteiger charge is -2.19. The predicted octanol–water partition coefficient (Wildman–Crippen LogP) is 3.86. The van der Waals surface area contributed by atoms with Gasteiger partial charge in [-0.1, -0.05) is 29.8 Å². The van der Waals surface area contributed by atoms with Gasteiger partial charge in [0.2, 0.25) is 5.78 Å². The smallest absolute Gasteiger partial charge is 0.212 e. The fraction of sp³-hybridized carbons (Fsp3) is 0.263. The van der Waals surface area contributed by atoms with Crippen LogP contribution in [0, 0.1) is 6.92 Å². The largest absolute Gasteiger partial charge is 0.354 e. The molecule has 23 heavy (non-hydrogen) atoms. The maximum absolute atomic E-state index is 12.6. The summed E-state index contributed by atoms with van der Waals surface area (Å²) >= 11 is 0. The zero-order valence-electron chi connectivity index (χ0n) is 13.6. The van der Waals surface area contributed by atoms with Gasteiger partial charge in [0.1, 0.15) is 0 Å². The summed E-state index contributed by atoms with van der Waals surface area (Å²) in [5, 5.41) is 3.08. The molecule has 120 valence electrons. The van der Waals surface area contributed by atoms with Gasteiger partial charge in [-0.2, -0.15) is 0 Å². The maximum Gasteiger partial charge on any atom is 0.212 e. The van der Waals surface area contributed by atoms with Crippen LogP contribution in [-0.2, 0) is 4.74 Å². The molecular formula is C19H21NO3. The second-order valence-electron chi connectivity index (χ2n) is 5.34. The molecule has 0 radical (unpaired) electrons. The van der Waals surface area contributed by atoms with E-state index in [1.54, 1.807) is 36.4 Å². The van der Waals surface area contributed by atoms with E-state index in [-0.39, 0.29) is 11.6 Å². The highest BCUT2D eigenvalue weighted by atomic mass is 16.5. The quantitative estimate of drug-likeness (QED) is 0.623. The minimum atomic E-state index is -0.758. The Bertz CT molecular complexity index is 675. The normalized spacial score (nSPS) is 11.8. The number of Topliss-reactive ketones (excluding diaryl/α,β-unsaturated/α-hetero) is 2. The number of anilines is 1. The molecule has 2 aromatic carbocycles. The Hall–Kier alpha value is -2.46. The molecule has 0 fully saturated rings. The monoisotopic (exact) mass is 311 g/mol. The van der Waals surface area contributed by atoms with E-state index in [0.717, 1.165) is 11.3 Å². The summed E-state index contributed by atoms with van der Waals surface area (Å²) in [5.41, 5.74) is 3.06. The molecule has 1 N–H and O–H groups in total. The first-order valence-electron chi connectivity index (χ1n) is 7.61. The van der Waals surface area contributed by atoms with E-state index in [1.165, 1.54) is 6.92 Å². The predicted molar refractivity (Wildman–Crippen MR) is 91.0 cm³/mol. The molecule has 0 aromatic heterocycles. The highest BCUT2D eigenvalue weighted by molar-refractivity contribution is 6.00. The first-order valence-corrected chi connectivity index (χ1v) is 7.61. The third-order valence-corrected chi connectivity index (χ3v) is 3.50. The molecule has 0 saturated heterocycles. The summed E-state index contributed by atoms with van der Waals surface area (Å²) in [5.74, 6) is -0.115. The van der Waals surface area contributed by atoms with Gasteiger partial charge < -0.3 is 10.1 Å². The number of carbonyl (C=O) groups is 2. The minimum Gasteiger partial charge on any atom is -0.354 e. The summed E-state index contributed by atoms with van der Waals surface area (Å²) in [7, 11) is 0. The molecule has 2 aromatic rings. The van der Waals surface area contributed by atoms with E-state index in [4.69, 9.17) is 4.74 Å². The fourth-order valence-corrected chi connectivity index (χ4v) is 2.17. The van der Waals surface area contributed by atoms with Crippen LogP contribution in [0.4, 0.5) is 5.69 Å². The average Bonchev–Trinajstić information content (AvgIpc) is 2.55. The second kappa shape index (κ2) is 7.70. The molecule has 1 atom stereocenters. The Morgan fingerprint density at radius 1 is 1.00 bits per heavy atom. The van der Waals surface area contributed by atoms with Gasteiger partial charge in [-0.25, -0.2) is 0 Å². The van der Waals surface area contributed by atoms with E-state index >= 15 is 0 Å². The Morgan fingerprint density at radius 3 is 2.09 bits per heavy atom. The number of ether oxygens (including phenoxy) is 1. The van der Waals surface area contributed by atoms with Crippen molar-refractivity contribution in [2.45, 2.75) is 27.0 Å². The van der Waals surface area contributed by atoms with Crippen LogP contribution in [0.5, 0.6) is 0 Å². The Morgan fingerprint density at radius 2 is 1.57 bits per heavy atom. The standard InChI is InChI=1S/C19H21NO3/c1-4-23-19(18(22)16-7-5-13(2)6-8-16)20-17-11-9-15(10-12-17)14(3)21/h5-12,19-20H,4H2,1-3H3. The number of aryl methyl sites for hydroxylation is 1. The fourth-order valence-electron chi connectivity index (χ4n) is 2.17. The van der Waals surface area contributed by atoms with Crippen LogP contribution in [-0.4, -0.2) is 24.4 Å². The van der Waals surface area contributed by atoms with Crippen molar-refractivity contribution in [2.24, 2.45) is 0 Å². The number of benzene rings is 2. The SMILES string of the molecule is CCOC(Nc1ccc(C(C)=O)cc1)C(=O)c1ccc(C)cc1. The lowest BCUT2D eigenvalue weighted by Crippen LogP contribution is -2.32. The molecule has 4 heteroatoms. The van der Waals surface area contributed by atoms with Gasteiger partial charge in [-0.15, -0.1) is 0 Å². The number of hydrogen-bond acceptors (Lipinski definition) is 4. The van der Waals surface area contributed by atoms with E-state index in [0.29, 0.717) is 17.7 Å². The van der Waals surface area contributed by atoms with Crippen molar-refractivity contribution in [2.75, 3.05) is 11.9 Å². The van der Waals surface area contributed by atoms with Crippen molar-refractivity contribution in [1.82, 2.24) is 0 Å². The van der Waals surface area contributed by atoms with Crippen LogP contribution < -0.4 is 5.32 Å². The van der Waals surface area contributed by atoms with E-state index in [2.05, 4.69) is 5.32 Å². The molecule has 0 saturated carbocycles. The van der Waals surface area contributed by atoms with Gasteiger partial charge >= 0.3 is 0 Å². The van der Waals surface area contributed by atoms with Crippen LogP contribution >= 0.6 is 0 Å². The summed E-state index contributed by atoms with van der Waals surface area (Å²) in [6.07, 6.45) is -0.758. The first kappa shape index (κ1) is 16.9. The van der Waals surface area contributed by atoms with Crippen LogP contribution in [0.2, 0.25) is 0 Å². The molecule has 0 heterocycles. The first-order chi connectivity index (χ1) is 11.0. The molecule has 0 bridgehead atoms. The van der Waals surface area contributed by atoms with Crippen molar-refractivity contribution in [3.8, 4) is 0 Å². The highest BCUT2D eigenvalue weighted by Gasteiger charge is 2.20. The van der Waals surface area contributed by atoms with Gasteiger partial charge in [0.05, 0.1) is 0 Å². The van der Waals surface area contributed by atoms with Crippen molar-refractivity contribution < 1.29 is 14.3 Å². The number of nitrogens with one attached hydrogen (secondary N) is 1.